The maximum atomic E-state index is 12.4. The number of ketones is 1. The van der Waals surface area contributed by atoms with Gasteiger partial charge in [-0.05, 0) is 42.8 Å². The molecule has 0 saturated heterocycles. The van der Waals surface area contributed by atoms with Crippen LogP contribution in [0.2, 0.25) is 0 Å². The van der Waals surface area contributed by atoms with E-state index in [-0.39, 0.29) is 22.8 Å². The molecule has 0 unspecified atom stereocenters. The van der Waals surface area contributed by atoms with E-state index in [0.29, 0.717) is 11.4 Å². The number of Topliss-reactive ketones (excluding diaryl/α,β-unsaturated/α-hetero) is 1. The van der Waals surface area contributed by atoms with Gasteiger partial charge in [0.2, 0.25) is 5.62 Å². The van der Waals surface area contributed by atoms with Crippen LogP contribution >= 0.6 is 0 Å². The normalized spacial score (nSPS) is 11.1. The highest BCUT2D eigenvalue weighted by atomic mass is 32.2. The van der Waals surface area contributed by atoms with Crippen molar-refractivity contribution in [2.75, 3.05) is 0 Å². The molecule has 0 amide bonds. The van der Waals surface area contributed by atoms with E-state index >= 15 is 0 Å². The molecule has 166 valence electrons. The Labute approximate surface area is 186 Å². The van der Waals surface area contributed by atoms with E-state index in [0.717, 1.165) is 16.3 Å². The molecular weight excluding hydrogens is 428 g/mol. The third-order valence-electron chi connectivity index (χ3n) is 4.94. The molecule has 0 atom stereocenters. The van der Waals surface area contributed by atoms with Crippen LogP contribution in [-0.2, 0) is 23.7 Å². The van der Waals surface area contributed by atoms with Gasteiger partial charge in [-0.15, -0.1) is 0 Å². The number of benzene rings is 3. The molecule has 1 heterocycles. The van der Waals surface area contributed by atoms with Crippen molar-refractivity contribution in [2.45, 2.75) is 25.3 Å². The Kier molecular flexibility index (Phi) is 6.71. The van der Waals surface area contributed by atoms with Crippen molar-refractivity contribution in [2.24, 2.45) is 7.05 Å². The fourth-order valence-electron chi connectivity index (χ4n) is 3.14. The van der Waals surface area contributed by atoms with E-state index < -0.39 is 10.1 Å². The first-order valence-electron chi connectivity index (χ1n) is 9.77. The van der Waals surface area contributed by atoms with Crippen molar-refractivity contribution >= 4 is 26.7 Å². The summed E-state index contributed by atoms with van der Waals surface area (Å²) in [5.74, 6) is 0.645. The van der Waals surface area contributed by atoms with Crippen LogP contribution < -0.4 is 5.62 Å². The Balaban J connectivity index is 0.000000222. The van der Waals surface area contributed by atoms with E-state index in [4.69, 9.17) is 9.96 Å². The summed E-state index contributed by atoms with van der Waals surface area (Å²) in [6, 6.07) is 19.6. The Morgan fingerprint density at radius 3 is 2.19 bits per heavy atom. The molecule has 1 aromatic heterocycles. The quantitative estimate of drug-likeness (QED) is 0.364. The van der Waals surface area contributed by atoms with Gasteiger partial charge in [-0.2, -0.15) is 13.5 Å². The number of aryl methyl sites for hydroxylation is 3. The molecule has 0 aliphatic heterocycles. The van der Waals surface area contributed by atoms with Crippen molar-refractivity contribution in [3.8, 4) is 0 Å². The summed E-state index contributed by atoms with van der Waals surface area (Å²) < 4.78 is 32.6. The summed E-state index contributed by atoms with van der Waals surface area (Å²) in [7, 11) is -2.32. The average Bonchev–Trinajstić information content (AvgIpc) is 2.99. The Bertz CT molecular complexity index is 1440. The van der Waals surface area contributed by atoms with Crippen LogP contribution in [0.15, 0.2) is 71.6 Å². The lowest BCUT2D eigenvalue weighted by molar-refractivity contribution is 0.0969. The van der Waals surface area contributed by atoms with Gasteiger partial charge in [0.15, 0.2) is 5.78 Å². The van der Waals surface area contributed by atoms with Crippen LogP contribution in [0.5, 0.6) is 0 Å². The molecule has 0 bridgehead atoms. The molecule has 3 aromatic carbocycles. The Morgan fingerprint density at radius 2 is 1.62 bits per heavy atom. The highest BCUT2D eigenvalue weighted by Crippen LogP contribution is 2.16. The lowest BCUT2D eigenvalue weighted by Gasteiger charge is -2.05. The topological polar surface area (TPSA) is 118 Å². The molecule has 32 heavy (non-hydrogen) atoms. The second kappa shape index (κ2) is 9.29. The molecule has 4 aromatic rings. The number of fused-ring (bicyclic) bond motifs is 1. The molecule has 0 saturated carbocycles. The lowest BCUT2D eigenvalue weighted by atomic mass is 10.0. The first-order valence-corrected chi connectivity index (χ1v) is 11.2. The molecule has 9 heteroatoms. The van der Waals surface area contributed by atoms with E-state index in [2.05, 4.69) is 5.10 Å². The summed E-state index contributed by atoms with van der Waals surface area (Å²) in [6.45, 7) is 3.77. The van der Waals surface area contributed by atoms with Crippen LogP contribution in [0.4, 0.5) is 0 Å². The predicted molar refractivity (Wildman–Crippen MR) is 121 cm³/mol. The zero-order chi connectivity index (χ0) is 23.5. The summed E-state index contributed by atoms with van der Waals surface area (Å²) in [5, 5.41) is 14.2. The van der Waals surface area contributed by atoms with E-state index in [1.165, 1.54) is 16.8 Å². The first-order chi connectivity index (χ1) is 15.1. The van der Waals surface area contributed by atoms with Crippen molar-refractivity contribution < 1.29 is 17.8 Å². The van der Waals surface area contributed by atoms with Gasteiger partial charge in [0.05, 0.1) is 11.4 Å². The van der Waals surface area contributed by atoms with Gasteiger partial charge in [0, 0.05) is 12.6 Å². The predicted octanol–water partition coefficient (Wildman–Crippen LogP) is 3.29. The smallest absolute Gasteiger partial charge is 0.292 e. The van der Waals surface area contributed by atoms with Crippen LogP contribution in [0.1, 0.15) is 21.7 Å². The van der Waals surface area contributed by atoms with Crippen molar-refractivity contribution in [3.63, 3.8) is 0 Å². The fraction of sp³-hybridized carbons (Fsp3) is 0.174. The second-order valence-corrected chi connectivity index (χ2v) is 8.78. The third kappa shape index (κ3) is 5.37. The monoisotopic (exact) mass is 452 g/mol. The van der Waals surface area contributed by atoms with Crippen molar-refractivity contribution in [1.29, 1.82) is 5.41 Å². The molecular formula is C23H24N4O4S. The summed E-state index contributed by atoms with van der Waals surface area (Å²) >= 11 is 0. The Morgan fingerprint density at radius 1 is 1.00 bits per heavy atom. The van der Waals surface area contributed by atoms with Crippen LogP contribution in [0.25, 0.3) is 10.8 Å². The van der Waals surface area contributed by atoms with Crippen molar-refractivity contribution in [3.05, 3.63) is 89.3 Å². The summed E-state index contributed by atoms with van der Waals surface area (Å²) in [6.07, 6.45) is 0. The van der Waals surface area contributed by atoms with Gasteiger partial charge >= 0.3 is 0 Å². The minimum Gasteiger partial charge on any atom is -0.292 e. The molecule has 0 aliphatic carbocycles. The number of hydrogen-bond acceptors (Lipinski definition) is 5. The Hall–Kier alpha value is -3.56. The molecule has 0 aliphatic rings. The van der Waals surface area contributed by atoms with E-state index in [9.17, 15) is 13.2 Å². The van der Waals surface area contributed by atoms with Crippen LogP contribution in [0.3, 0.4) is 0 Å². The van der Waals surface area contributed by atoms with Gasteiger partial charge in [-0.3, -0.25) is 19.3 Å². The van der Waals surface area contributed by atoms with Crippen molar-refractivity contribution in [1.82, 2.24) is 14.3 Å². The molecule has 4 rings (SSSR count). The van der Waals surface area contributed by atoms with Crippen LogP contribution in [0, 0.1) is 19.3 Å². The lowest BCUT2D eigenvalue weighted by Crippen LogP contribution is -2.26. The largest absolute Gasteiger partial charge is 0.294 e. The van der Waals surface area contributed by atoms with E-state index in [1.54, 1.807) is 30.7 Å². The summed E-state index contributed by atoms with van der Waals surface area (Å²) in [5.41, 5.74) is 1.84. The number of nitrogens with zero attached hydrogens (tertiary/aromatic N) is 3. The second-order valence-electron chi connectivity index (χ2n) is 7.35. The highest BCUT2D eigenvalue weighted by molar-refractivity contribution is 7.85. The standard InChI is InChI=1S/C16H16N4O.C7H8O3S/c1-11-18-19(2)16(17)20(11)10-15(21)14-8-7-12-5-3-4-6-13(12)9-14;1-6-2-4-7(5-3-6)11(8,9)10/h3-9,17H,10H2,1-2H3;2-5H,1H3,(H,8,9,10). The molecule has 2 N–H and O–H groups in total. The van der Waals surface area contributed by atoms with Gasteiger partial charge in [0.25, 0.3) is 10.1 Å². The zero-order valence-electron chi connectivity index (χ0n) is 18.0. The van der Waals surface area contributed by atoms with Crippen LogP contribution in [-0.4, -0.2) is 33.1 Å². The maximum Gasteiger partial charge on any atom is 0.294 e. The van der Waals surface area contributed by atoms with Gasteiger partial charge in [-0.25, -0.2) is 4.68 Å². The summed E-state index contributed by atoms with van der Waals surface area (Å²) in [4.78, 5) is 12.4. The number of nitrogens with one attached hydrogen (secondary N) is 1. The number of carbonyl (C=O) groups excluding carboxylic acids is 1. The van der Waals surface area contributed by atoms with Gasteiger partial charge in [0.1, 0.15) is 5.82 Å². The SMILES string of the molecule is Cc1ccc(S(=O)(=O)O)cc1.Cc1nn(C)c(=N)n1CC(=O)c1ccc2ccccc2c1. The average molecular weight is 453 g/mol. The molecule has 0 radical (unpaired) electrons. The van der Waals surface area contributed by atoms with Gasteiger partial charge in [-0.1, -0.05) is 54.1 Å². The third-order valence-corrected chi connectivity index (χ3v) is 5.81. The number of rotatable bonds is 4. The molecule has 0 spiro atoms. The number of carbonyl (C=O) groups is 1. The first kappa shape index (κ1) is 23.1. The molecule has 0 fully saturated rings. The highest BCUT2D eigenvalue weighted by Gasteiger charge is 2.12. The minimum absolute atomic E-state index is 0.0182. The molecule has 8 nitrogen and oxygen atoms in total. The fourth-order valence-corrected chi connectivity index (χ4v) is 3.62. The zero-order valence-corrected chi connectivity index (χ0v) is 18.8. The van der Waals surface area contributed by atoms with Gasteiger partial charge < -0.3 is 0 Å². The minimum atomic E-state index is -4.02. The van der Waals surface area contributed by atoms with E-state index in [1.807, 2.05) is 49.4 Å². The number of hydrogen-bond donors (Lipinski definition) is 2. The maximum absolute atomic E-state index is 12.4. The number of aromatic nitrogens is 3.